The molecule has 0 aliphatic rings. The molecule has 132 valence electrons. The van der Waals surface area contributed by atoms with Gasteiger partial charge in [-0.15, -0.1) is 0 Å². The minimum atomic E-state index is -0.520. The molecule has 0 heterocycles. The number of hydrogen-bond acceptors (Lipinski definition) is 5. The lowest BCUT2D eigenvalue weighted by atomic mass is 10.0. The average molecular weight is 350 g/mol. The van der Waals surface area contributed by atoms with E-state index in [9.17, 15) is 15.0 Å². The number of ether oxygens (including phenoxy) is 2. The lowest BCUT2D eigenvalue weighted by Crippen LogP contribution is -2.01. The molecule has 3 rings (SSSR count). The topological polar surface area (TPSA) is 76.0 Å². The number of carbonyl (C=O) groups is 1. The molecule has 26 heavy (non-hydrogen) atoms. The van der Waals surface area contributed by atoms with Gasteiger partial charge in [0.15, 0.2) is 0 Å². The van der Waals surface area contributed by atoms with Crippen molar-refractivity contribution in [3.05, 3.63) is 77.9 Å². The number of rotatable bonds is 5. The van der Waals surface area contributed by atoms with Crippen molar-refractivity contribution in [3.8, 4) is 28.4 Å². The Labute approximate surface area is 151 Å². The molecule has 0 saturated carbocycles. The highest BCUT2D eigenvalue weighted by atomic mass is 16.5. The van der Waals surface area contributed by atoms with E-state index in [0.29, 0.717) is 23.5 Å². The largest absolute Gasteiger partial charge is 0.507 e. The van der Waals surface area contributed by atoms with Crippen LogP contribution in [0.4, 0.5) is 0 Å². The van der Waals surface area contributed by atoms with Crippen LogP contribution in [-0.4, -0.2) is 23.3 Å². The number of aromatic hydroxyl groups is 2. The first-order chi connectivity index (χ1) is 12.6. The van der Waals surface area contributed by atoms with Gasteiger partial charge in [-0.3, -0.25) is 0 Å². The van der Waals surface area contributed by atoms with Crippen molar-refractivity contribution in [2.24, 2.45) is 0 Å². The Balaban J connectivity index is 1.85. The van der Waals surface area contributed by atoms with Gasteiger partial charge < -0.3 is 19.7 Å². The highest BCUT2D eigenvalue weighted by molar-refractivity contribution is 5.92. The van der Waals surface area contributed by atoms with Crippen molar-refractivity contribution in [2.75, 3.05) is 7.11 Å². The Kier molecular flexibility index (Phi) is 5.08. The predicted molar refractivity (Wildman–Crippen MR) is 97.3 cm³/mol. The van der Waals surface area contributed by atoms with Gasteiger partial charge in [-0.2, -0.15) is 0 Å². The quantitative estimate of drug-likeness (QED) is 0.677. The molecule has 2 N–H and O–H groups in total. The van der Waals surface area contributed by atoms with Crippen LogP contribution in [0.5, 0.6) is 17.2 Å². The molecule has 0 spiro atoms. The second-order valence-electron chi connectivity index (χ2n) is 5.68. The molecular weight excluding hydrogens is 332 g/mol. The minimum Gasteiger partial charge on any atom is -0.507 e. The first-order valence-electron chi connectivity index (χ1n) is 8.00. The summed E-state index contributed by atoms with van der Waals surface area (Å²) in [6.07, 6.45) is 0. The normalized spacial score (nSPS) is 10.3. The number of methoxy groups -OCH3 is 1. The summed E-state index contributed by atoms with van der Waals surface area (Å²) in [6.45, 7) is 0.378. The van der Waals surface area contributed by atoms with Crippen molar-refractivity contribution >= 4 is 5.97 Å². The molecule has 0 aromatic heterocycles. The molecule has 0 aliphatic heterocycles. The molecular formula is C21H18O5. The molecule has 5 nitrogen and oxygen atoms in total. The van der Waals surface area contributed by atoms with Crippen LogP contribution in [0.25, 0.3) is 11.1 Å². The number of esters is 1. The number of phenols is 2. The lowest BCUT2D eigenvalue weighted by Gasteiger charge is -2.11. The summed E-state index contributed by atoms with van der Waals surface area (Å²) in [6, 6.07) is 18.8. The highest BCUT2D eigenvalue weighted by Crippen LogP contribution is 2.38. The Morgan fingerprint density at radius 3 is 2.35 bits per heavy atom. The van der Waals surface area contributed by atoms with Crippen molar-refractivity contribution in [3.63, 3.8) is 0 Å². The fourth-order valence-corrected chi connectivity index (χ4v) is 2.57. The molecule has 3 aromatic carbocycles. The zero-order valence-electron chi connectivity index (χ0n) is 14.2. The highest BCUT2D eigenvalue weighted by Gasteiger charge is 2.14. The van der Waals surface area contributed by atoms with Crippen LogP contribution in [0, 0.1) is 0 Å². The van der Waals surface area contributed by atoms with E-state index < -0.39 is 5.97 Å². The zero-order chi connectivity index (χ0) is 18.5. The predicted octanol–water partition coefficient (Wildman–Crippen LogP) is 4.13. The summed E-state index contributed by atoms with van der Waals surface area (Å²) in [5.74, 6) is -0.133. The summed E-state index contributed by atoms with van der Waals surface area (Å²) in [4.78, 5) is 11.7. The van der Waals surface area contributed by atoms with Gasteiger partial charge in [-0.1, -0.05) is 30.3 Å². The molecule has 0 radical (unpaired) electrons. The van der Waals surface area contributed by atoms with Crippen LogP contribution in [0.2, 0.25) is 0 Å². The third-order valence-corrected chi connectivity index (χ3v) is 3.93. The molecule has 3 aromatic rings. The summed E-state index contributed by atoms with van der Waals surface area (Å²) in [7, 11) is 1.28. The van der Waals surface area contributed by atoms with Crippen LogP contribution < -0.4 is 4.74 Å². The van der Waals surface area contributed by atoms with Crippen molar-refractivity contribution in [1.29, 1.82) is 0 Å². The molecule has 0 atom stereocenters. The maximum Gasteiger partial charge on any atom is 0.337 e. The maximum atomic E-state index is 11.7. The minimum absolute atomic E-state index is 0.0501. The van der Waals surface area contributed by atoms with Gasteiger partial charge >= 0.3 is 5.97 Å². The van der Waals surface area contributed by atoms with Gasteiger partial charge in [0.25, 0.3) is 0 Å². The lowest BCUT2D eigenvalue weighted by molar-refractivity contribution is 0.0600. The smallest absolute Gasteiger partial charge is 0.337 e. The maximum absolute atomic E-state index is 11.7. The Hall–Kier alpha value is -3.47. The second-order valence-corrected chi connectivity index (χ2v) is 5.68. The standard InChI is InChI=1S/C21H18O5/c1-25-21(24)15-7-10-19(22)18(11-15)17-9-8-16(12-20(17)23)26-13-14-5-3-2-4-6-14/h2-12,22-23H,13H2,1H3. The number of carbonyl (C=O) groups excluding carboxylic acids is 1. The molecule has 0 unspecified atom stereocenters. The van der Waals surface area contributed by atoms with E-state index in [1.165, 1.54) is 31.4 Å². The van der Waals surface area contributed by atoms with Crippen LogP contribution in [0.15, 0.2) is 66.7 Å². The van der Waals surface area contributed by atoms with E-state index in [1.54, 1.807) is 12.1 Å². The Morgan fingerprint density at radius 1 is 0.885 bits per heavy atom. The van der Waals surface area contributed by atoms with E-state index in [1.807, 2.05) is 30.3 Å². The first kappa shape index (κ1) is 17.4. The summed E-state index contributed by atoms with van der Waals surface area (Å²) >= 11 is 0. The Morgan fingerprint density at radius 2 is 1.65 bits per heavy atom. The van der Waals surface area contributed by atoms with E-state index in [4.69, 9.17) is 4.74 Å². The molecule has 0 saturated heterocycles. The van der Waals surface area contributed by atoms with E-state index in [0.717, 1.165) is 5.56 Å². The zero-order valence-corrected chi connectivity index (χ0v) is 14.2. The summed E-state index contributed by atoms with van der Waals surface area (Å²) in [5, 5.41) is 20.4. The number of phenolic OH excluding ortho intramolecular Hbond substituents is 2. The van der Waals surface area contributed by atoms with Gasteiger partial charge in [0.05, 0.1) is 12.7 Å². The summed E-state index contributed by atoms with van der Waals surface area (Å²) < 4.78 is 10.4. The fourth-order valence-electron chi connectivity index (χ4n) is 2.57. The molecule has 0 aliphatic carbocycles. The molecule has 0 bridgehead atoms. The fraction of sp³-hybridized carbons (Fsp3) is 0.0952. The third-order valence-electron chi connectivity index (χ3n) is 3.93. The van der Waals surface area contributed by atoms with Crippen LogP contribution in [0.1, 0.15) is 15.9 Å². The van der Waals surface area contributed by atoms with E-state index >= 15 is 0 Å². The van der Waals surface area contributed by atoms with Crippen LogP contribution in [-0.2, 0) is 11.3 Å². The molecule has 0 fully saturated rings. The SMILES string of the molecule is COC(=O)c1ccc(O)c(-c2ccc(OCc3ccccc3)cc2O)c1. The molecule has 0 amide bonds. The van der Waals surface area contributed by atoms with Crippen molar-refractivity contribution in [2.45, 2.75) is 6.61 Å². The second kappa shape index (κ2) is 7.61. The van der Waals surface area contributed by atoms with Crippen LogP contribution >= 0.6 is 0 Å². The van der Waals surface area contributed by atoms with Gasteiger partial charge in [-0.25, -0.2) is 4.79 Å². The van der Waals surface area contributed by atoms with E-state index in [-0.39, 0.29) is 17.1 Å². The van der Waals surface area contributed by atoms with Crippen molar-refractivity contribution < 1.29 is 24.5 Å². The van der Waals surface area contributed by atoms with Crippen molar-refractivity contribution in [1.82, 2.24) is 0 Å². The monoisotopic (exact) mass is 350 g/mol. The van der Waals surface area contributed by atoms with Gasteiger partial charge in [0.2, 0.25) is 0 Å². The van der Waals surface area contributed by atoms with E-state index in [2.05, 4.69) is 4.74 Å². The third kappa shape index (κ3) is 3.78. The molecule has 5 heteroatoms. The Bertz CT molecular complexity index is 919. The van der Waals surface area contributed by atoms with Gasteiger partial charge in [0, 0.05) is 17.2 Å². The summed E-state index contributed by atoms with van der Waals surface area (Å²) in [5.41, 5.74) is 2.02. The number of benzene rings is 3. The average Bonchev–Trinajstić information content (AvgIpc) is 2.67. The van der Waals surface area contributed by atoms with Gasteiger partial charge in [-0.05, 0) is 35.9 Å². The number of hydrogen-bond donors (Lipinski definition) is 2. The van der Waals surface area contributed by atoms with Crippen LogP contribution in [0.3, 0.4) is 0 Å². The van der Waals surface area contributed by atoms with Gasteiger partial charge in [0.1, 0.15) is 23.9 Å². The first-order valence-corrected chi connectivity index (χ1v) is 8.00.